The lowest BCUT2D eigenvalue weighted by Gasteiger charge is -2.25. The maximum absolute atomic E-state index is 12.1. The molecule has 6 nitrogen and oxygen atoms in total. The summed E-state index contributed by atoms with van der Waals surface area (Å²) in [6.07, 6.45) is 0. The van der Waals surface area contributed by atoms with E-state index in [2.05, 4.69) is 20.6 Å². The summed E-state index contributed by atoms with van der Waals surface area (Å²) in [6.45, 7) is 5.55. The molecule has 6 heteroatoms. The number of aromatic amines is 2. The molecule has 2 aromatic rings. The predicted octanol–water partition coefficient (Wildman–Crippen LogP) is 1.03. The summed E-state index contributed by atoms with van der Waals surface area (Å²) < 4.78 is 0. The highest BCUT2D eigenvalue weighted by Crippen LogP contribution is 2.17. The van der Waals surface area contributed by atoms with Gasteiger partial charge in [-0.25, -0.2) is 4.79 Å². The standard InChI is InChI=1S/C14H20N4O2/c1-8(16-12(19)14(2,3)15-4)9-5-6-10-11(7-9)18-13(20)17-10/h5-8,15H,1-4H3,(H,16,19)(H2,17,18,20). The second-order valence-corrected chi connectivity index (χ2v) is 5.45. The van der Waals surface area contributed by atoms with Gasteiger partial charge in [0.15, 0.2) is 0 Å². The number of benzene rings is 1. The molecule has 0 radical (unpaired) electrons. The first kappa shape index (κ1) is 14.3. The number of likely N-dealkylation sites (N-methyl/N-ethyl adjacent to an activating group) is 1. The number of rotatable bonds is 4. The van der Waals surface area contributed by atoms with Gasteiger partial charge < -0.3 is 20.6 Å². The number of hydrogen-bond donors (Lipinski definition) is 4. The Morgan fingerprint density at radius 3 is 2.55 bits per heavy atom. The molecule has 1 unspecified atom stereocenters. The molecular weight excluding hydrogens is 256 g/mol. The fourth-order valence-corrected chi connectivity index (χ4v) is 1.89. The molecule has 0 aliphatic rings. The summed E-state index contributed by atoms with van der Waals surface area (Å²) in [5, 5.41) is 5.92. The molecule has 108 valence electrons. The maximum atomic E-state index is 12.1. The van der Waals surface area contributed by atoms with E-state index < -0.39 is 5.54 Å². The van der Waals surface area contributed by atoms with Gasteiger partial charge in [0.05, 0.1) is 22.6 Å². The number of hydrogen-bond acceptors (Lipinski definition) is 3. The molecule has 1 aromatic heterocycles. The fraction of sp³-hybridized carbons (Fsp3) is 0.429. The van der Waals surface area contributed by atoms with Gasteiger partial charge in [-0.05, 0) is 45.5 Å². The molecular formula is C14H20N4O2. The number of fused-ring (bicyclic) bond motifs is 1. The van der Waals surface area contributed by atoms with Crippen molar-refractivity contribution >= 4 is 16.9 Å². The molecule has 0 spiro atoms. The first-order valence-corrected chi connectivity index (χ1v) is 6.55. The van der Waals surface area contributed by atoms with Crippen LogP contribution >= 0.6 is 0 Å². The molecule has 0 saturated heterocycles. The van der Waals surface area contributed by atoms with Gasteiger partial charge in [-0.1, -0.05) is 6.07 Å². The Morgan fingerprint density at radius 2 is 1.90 bits per heavy atom. The fourth-order valence-electron chi connectivity index (χ4n) is 1.89. The van der Waals surface area contributed by atoms with Crippen LogP contribution < -0.4 is 16.3 Å². The van der Waals surface area contributed by atoms with E-state index in [1.54, 1.807) is 7.05 Å². The minimum absolute atomic E-state index is 0.0739. The van der Waals surface area contributed by atoms with E-state index in [4.69, 9.17) is 0 Å². The smallest absolute Gasteiger partial charge is 0.323 e. The van der Waals surface area contributed by atoms with Crippen LogP contribution in [0, 0.1) is 0 Å². The second kappa shape index (κ2) is 5.13. The van der Waals surface area contributed by atoms with E-state index in [1.165, 1.54) is 0 Å². The number of imidazole rings is 1. The number of aromatic nitrogens is 2. The first-order valence-electron chi connectivity index (χ1n) is 6.55. The van der Waals surface area contributed by atoms with Crippen LogP contribution in [0.5, 0.6) is 0 Å². The molecule has 0 aliphatic heterocycles. The molecule has 0 aliphatic carbocycles. The van der Waals surface area contributed by atoms with Gasteiger partial charge in [-0.3, -0.25) is 4.79 Å². The molecule has 1 aromatic carbocycles. The van der Waals surface area contributed by atoms with E-state index in [0.29, 0.717) is 0 Å². The highest BCUT2D eigenvalue weighted by molar-refractivity contribution is 5.85. The molecule has 0 bridgehead atoms. The SMILES string of the molecule is CNC(C)(C)C(=O)NC(C)c1ccc2[nH]c(=O)[nH]c2c1. The monoisotopic (exact) mass is 276 g/mol. The van der Waals surface area contributed by atoms with Crippen molar-refractivity contribution in [2.24, 2.45) is 0 Å². The molecule has 1 amide bonds. The van der Waals surface area contributed by atoms with Gasteiger partial charge in [0.1, 0.15) is 0 Å². The number of carbonyl (C=O) groups excluding carboxylic acids is 1. The van der Waals surface area contributed by atoms with Crippen LogP contribution in [0.3, 0.4) is 0 Å². The Bertz CT molecular complexity index is 684. The normalized spacial score (nSPS) is 13.4. The predicted molar refractivity (Wildman–Crippen MR) is 78.6 cm³/mol. The lowest BCUT2D eigenvalue weighted by Crippen LogP contribution is -2.51. The summed E-state index contributed by atoms with van der Waals surface area (Å²) in [4.78, 5) is 28.7. The maximum Gasteiger partial charge on any atom is 0.323 e. The van der Waals surface area contributed by atoms with Crippen molar-refractivity contribution in [3.63, 3.8) is 0 Å². The average Bonchev–Trinajstić information content (AvgIpc) is 2.77. The Balaban J connectivity index is 2.21. The van der Waals surface area contributed by atoms with Crippen LogP contribution in [-0.4, -0.2) is 28.5 Å². The van der Waals surface area contributed by atoms with Gasteiger partial charge >= 0.3 is 5.69 Å². The summed E-state index contributed by atoms with van der Waals surface area (Å²) in [5.41, 5.74) is 1.58. The highest BCUT2D eigenvalue weighted by atomic mass is 16.2. The molecule has 1 heterocycles. The largest absolute Gasteiger partial charge is 0.348 e. The van der Waals surface area contributed by atoms with Crippen molar-refractivity contribution in [2.45, 2.75) is 32.4 Å². The second-order valence-electron chi connectivity index (χ2n) is 5.45. The van der Waals surface area contributed by atoms with E-state index in [1.807, 2.05) is 39.0 Å². The van der Waals surface area contributed by atoms with E-state index in [9.17, 15) is 9.59 Å². The van der Waals surface area contributed by atoms with Crippen molar-refractivity contribution in [3.8, 4) is 0 Å². The third-order valence-electron chi connectivity index (χ3n) is 3.58. The van der Waals surface area contributed by atoms with Crippen LogP contribution in [0.25, 0.3) is 11.0 Å². The lowest BCUT2D eigenvalue weighted by molar-refractivity contribution is -0.126. The Morgan fingerprint density at radius 1 is 1.25 bits per heavy atom. The Labute approximate surface area is 117 Å². The number of amides is 1. The summed E-state index contributed by atoms with van der Waals surface area (Å²) >= 11 is 0. The van der Waals surface area contributed by atoms with Crippen LogP contribution in [-0.2, 0) is 4.79 Å². The Kier molecular flexibility index (Phi) is 3.67. The number of nitrogens with one attached hydrogen (secondary N) is 4. The topological polar surface area (TPSA) is 89.8 Å². The van der Waals surface area contributed by atoms with Crippen LogP contribution in [0.15, 0.2) is 23.0 Å². The molecule has 1 atom stereocenters. The van der Waals surface area contributed by atoms with Gasteiger partial charge in [0, 0.05) is 0 Å². The van der Waals surface area contributed by atoms with Crippen molar-refractivity contribution in [2.75, 3.05) is 7.05 Å². The van der Waals surface area contributed by atoms with Gasteiger partial charge in [0.25, 0.3) is 0 Å². The van der Waals surface area contributed by atoms with Gasteiger partial charge in [-0.2, -0.15) is 0 Å². The molecule has 20 heavy (non-hydrogen) atoms. The zero-order valence-electron chi connectivity index (χ0n) is 12.1. The quantitative estimate of drug-likeness (QED) is 0.672. The van der Waals surface area contributed by atoms with Crippen molar-refractivity contribution in [3.05, 3.63) is 34.2 Å². The third kappa shape index (κ3) is 2.75. The summed E-state index contributed by atoms with van der Waals surface area (Å²) in [5.74, 6) is -0.0739. The molecule has 0 fully saturated rings. The van der Waals surface area contributed by atoms with E-state index >= 15 is 0 Å². The van der Waals surface area contributed by atoms with Crippen molar-refractivity contribution in [1.29, 1.82) is 0 Å². The lowest BCUT2D eigenvalue weighted by atomic mass is 10.0. The minimum Gasteiger partial charge on any atom is -0.348 e. The number of H-pyrrole nitrogens is 2. The zero-order chi connectivity index (χ0) is 14.9. The third-order valence-corrected chi connectivity index (χ3v) is 3.58. The Hall–Kier alpha value is -2.08. The highest BCUT2D eigenvalue weighted by Gasteiger charge is 2.26. The molecule has 2 rings (SSSR count). The molecule has 0 saturated carbocycles. The van der Waals surface area contributed by atoms with E-state index in [0.717, 1.165) is 16.6 Å². The van der Waals surface area contributed by atoms with Crippen molar-refractivity contribution in [1.82, 2.24) is 20.6 Å². The number of carbonyl (C=O) groups is 1. The van der Waals surface area contributed by atoms with E-state index in [-0.39, 0.29) is 17.6 Å². The van der Waals surface area contributed by atoms with Crippen LogP contribution in [0.4, 0.5) is 0 Å². The minimum atomic E-state index is -0.624. The van der Waals surface area contributed by atoms with Crippen LogP contribution in [0.1, 0.15) is 32.4 Å². The summed E-state index contributed by atoms with van der Waals surface area (Å²) in [6, 6.07) is 5.44. The average molecular weight is 276 g/mol. The van der Waals surface area contributed by atoms with Crippen LogP contribution in [0.2, 0.25) is 0 Å². The molecule has 4 N–H and O–H groups in total. The first-order chi connectivity index (χ1) is 9.33. The summed E-state index contributed by atoms with van der Waals surface area (Å²) in [7, 11) is 1.75. The van der Waals surface area contributed by atoms with Gasteiger partial charge in [0.2, 0.25) is 5.91 Å². The zero-order valence-corrected chi connectivity index (χ0v) is 12.1. The van der Waals surface area contributed by atoms with Gasteiger partial charge in [-0.15, -0.1) is 0 Å². The van der Waals surface area contributed by atoms with Crippen molar-refractivity contribution < 1.29 is 4.79 Å².